The number of aliphatic hydroxyl groups excluding tert-OH is 1. The molecule has 0 amide bonds. The van der Waals surface area contributed by atoms with Gasteiger partial charge in [0.1, 0.15) is 5.82 Å². The zero-order valence-corrected chi connectivity index (χ0v) is 14.5. The van der Waals surface area contributed by atoms with Crippen LogP contribution < -0.4 is 4.90 Å². The number of piperazine rings is 1. The maximum Gasteiger partial charge on any atom is 0.123 e. The number of thioether (sulfide) groups is 1. The van der Waals surface area contributed by atoms with Crippen molar-refractivity contribution in [3.8, 4) is 0 Å². The lowest BCUT2D eigenvalue weighted by Gasteiger charge is -2.36. The number of benzene rings is 2. The molecule has 1 atom stereocenters. The third kappa shape index (κ3) is 4.97. The summed E-state index contributed by atoms with van der Waals surface area (Å²) in [5, 5.41) is 10.3. The second-order valence-electron chi connectivity index (χ2n) is 6.04. The van der Waals surface area contributed by atoms with E-state index in [1.165, 1.54) is 17.8 Å². The van der Waals surface area contributed by atoms with Crippen molar-refractivity contribution in [1.82, 2.24) is 4.90 Å². The zero-order chi connectivity index (χ0) is 16.8. The molecule has 0 unspecified atom stereocenters. The quantitative estimate of drug-likeness (QED) is 0.813. The summed E-state index contributed by atoms with van der Waals surface area (Å²) in [7, 11) is 0. The van der Waals surface area contributed by atoms with Gasteiger partial charge in [-0.05, 0) is 36.4 Å². The van der Waals surface area contributed by atoms with Crippen LogP contribution in [0.25, 0.3) is 0 Å². The predicted molar refractivity (Wildman–Crippen MR) is 98.2 cm³/mol. The number of β-amino-alcohol motifs (C(OH)–C–C–N with tert-alkyl or cyclic N) is 1. The molecule has 0 aliphatic carbocycles. The molecule has 1 heterocycles. The largest absolute Gasteiger partial charge is 0.391 e. The van der Waals surface area contributed by atoms with Crippen LogP contribution in [-0.2, 0) is 0 Å². The van der Waals surface area contributed by atoms with Crippen molar-refractivity contribution in [2.45, 2.75) is 11.0 Å². The SMILES string of the molecule is O[C@H](CSc1ccc(F)cc1)CN1CCN(c2ccccc2)CC1. The molecule has 2 aromatic rings. The van der Waals surface area contributed by atoms with Crippen molar-refractivity contribution in [3.63, 3.8) is 0 Å². The van der Waals surface area contributed by atoms with Gasteiger partial charge in [0.15, 0.2) is 0 Å². The number of aliphatic hydroxyl groups is 1. The number of hydrogen-bond acceptors (Lipinski definition) is 4. The molecule has 1 aliphatic heterocycles. The number of hydrogen-bond donors (Lipinski definition) is 1. The fraction of sp³-hybridized carbons (Fsp3) is 0.368. The second-order valence-corrected chi connectivity index (χ2v) is 7.14. The van der Waals surface area contributed by atoms with Gasteiger partial charge in [0, 0.05) is 49.1 Å². The number of rotatable bonds is 6. The Kier molecular flexibility index (Phi) is 6.12. The minimum absolute atomic E-state index is 0.226. The summed E-state index contributed by atoms with van der Waals surface area (Å²) >= 11 is 1.57. The van der Waals surface area contributed by atoms with E-state index in [4.69, 9.17) is 0 Å². The smallest absolute Gasteiger partial charge is 0.123 e. The number of para-hydroxylation sites is 1. The molecule has 1 saturated heterocycles. The number of anilines is 1. The van der Waals surface area contributed by atoms with Gasteiger partial charge in [0.25, 0.3) is 0 Å². The molecular weight excluding hydrogens is 323 g/mol. The van der Waals surface area contributed by atoms with Crippen molar-refractivity contribution in [3.05, 3.63) is 60.4 Å². The van der Waals surface area contributed by atoms with Gasteiger partial charge in [0.05, 0.1) is 6.10 Å². The van der Waals surface area contributed by atoms with Crippen LogP contribution in [0, 0.1) is 5.82 Å². The molecule has 3 rings (SSSR count). The van der Waals surface area contributed by atoms with Crippen LogP contribution in [0.4, 0.5) is 10.1 Å². The Hall–Kier alpha value is -1.56. The second kappa shape index (κ2) is 8.51. The molecule has 1 aliphatic rings. The summed E-state index contributed by atoms with van der Waals surface area (Å²) in [5.74, 6) is 0.404. The van der Waals surface area contributed by atoms with Gasteiger partial charge in [-0.15, -0.1) is 11.8 Å². The normalized spacial score (nSPS) is 17.0. The Morgan fingerprint density at radius 1 is 0.958 bits per heavy atom. The lowest BCUT2D eigenvalue weighted by Crippen LogP contribution is -2.48. The first-order valence-corrected chi connectivity index (χ1v) is 9.28. The van der Waals surface area contributed by atoms with Gasteiger partial charge >= 0.3 is 0 Å². The van der Waals surface area contributed by atoms with Crippen molar-refractivity contribution in [2.24, 2.45) is 0 Å². The van der Waals surface area contributed by atoms with E-state index >= 15 is 0 Å². The van der Waals surface area contributed by atoms with Crippen LogP contribution in [0.5, 0.6) is 0 Å². The van der Waals surface area contributed by atoms with E-state index in [1.54, 1.807) is 23.9 Å². The summed E-state index contributed by atoms with van der Waals surface area (Å²) in [6, 6.07) is 16.9. The van der Waals surface area contributed by atoms with Gasteiger partial charge in [-0.25, -0.2) is 4.39 Å². The van der Waals surface area contributed by atoms with Crippen molar-refractivity contribution in [1.29, 1.82) is 0 Å². The van der Waals surface area contributed by atoms with E-state index in [9.17, 15) is 9.50 Å². The minimum Gasteiger partial charge on any atom is -0.391 e. The van der Waals surface area contributed by atoms with Crippen LogP contribution in [0.2, 0.25) is 0 Å². The molecule has 1 fully saturated rings. The highest BCUT2D eigenvalue weighted by Gasteiger charge is 2.19. The first-order valence-electron chi connectivity index (χ1n) is 8.29. The van der Waals surface area contributed by atoms with Crippen LogP contribution in [0.1, 0.15) is 0 Å². The molecule has 5 heteroatoms. The topological polar surface area (TPSA) is 26.7 Å². The first kappa shape index (κ1) is 17.3. The molecule has 1 N–H and O–H groups in total. The van der Waals surface area contributed by atoms with E-state index in [-0.39, 0.29) is 11.9 Å². The molecule has 2 aromatic carbocycles. The van der Waals surface area contributed by atoms with Gasteiger partial charge in [-0.2, -0.15) is 0 Å². The van der Waals surface area contributed by atoms with E-state index in [0.29, 0.717) is 12.3 Å². The van der Waals surface area contributed by atoms with E-state index < -0.39 is 0 Å². The standard InChI is InChI=1S/C19H23FN2OS/c20-16-6-8-19(9-7-16)24-15-18(23)14-21-10-12-22(13-11-21)17-4-2-1-3-5-17/h1-9,18,23H,10-15H2/t18-/m0/s1. The van der Waals surface area contributed by atoms with Crippen molar-refractivity contribution in [2.75, 3.05) is 43.4 Å². The van der Waals surface area contributed by atoms with E-state index in [0.717, 1.165) is 31.1 Å². The molecule has 0 aromatic heterocycles. The maximum atomic E-state index is 12.9. The van der Waals surface area contributed by atoms with Gasteiger partial charge in [-0.1, -0.05) is 18.2 Å². The Bertz CT molecular complexity index is 615. The van der Waals surface area contributed by atoms with E-state index in [1.807, 2.05) is 6.07 Å². The molecular formula is C19H23FN2OS. The van der Waals surface area contributed by atoms with Gasteiger partial charge in [0.2, 0.25) is 0 Å². The summed E-state index contributed by atoms with van der Waals surface area (Å²) in [6.07, 6.45) is -0.372. The van der Waals surface area contributed by atoms with Crippen LogP contribution in [0.15, 0.2) is 59.5 Å². The average molecular weight is 346 g/mol. The summed E-state index contributed by atoms with van der Waals surface area (Å²) in [5.41, 5.74) is 1.27. The molecule has 0 spiro atoms. The van der Waals surface area contributed by atoms with Crippen molar-refractivity contribution < 1.29 is 9.50 Å². The highest BCUT2D eigenvalue weighted by Crippen LogP contribution is 2.20. The van der Waals surface area contributed by atoms with E-state index in [2.05, 4.69) is 34.1 Å². The highest BCUT2D eigenvalue weighted by atomic mass is 32.2. The minimum atomic E-state index is -0.372. The Morgan fingerprint density at radius 2 is 1.62 bits per heavy atom. The maximum absolute atomic E-state index is 12.9. The van der Waals surface area contributed by atoms with Crippen LogP contribution >= 0.6 is 11.8 Å². The lowest BCUT2D eigenvalue weighted by atomic mass is 10.2. The van der Waals surface area contributed by atoms with Crippen LogP contribution in [-0.4, -0.2) is 54.6 Å². The average Bonchev–Trinajstić information content (AvgIpc) is 2.63. The Labute approximate surface area is 147 Å². The number of nitrogens with zero attached hydrogens (tertiary/aromatic N) is 2. The monoisotopic (exact) mass is 346 g/mol. The Balaban J connectivity index is 1.40. The zero-order valence-electron chi connectivity index (χ0n) is 13.6. The molecule has 0 radical (unpaired) electrons. The fourth-order valence-corrected chi connectivity index (χ4v) is 3.72. The van der Waals surface area contributed by atoms with Crippen LogP contribution in [0.3, 0.4) is 0 Å². The predicted octanol–water partition coefficient (Wildman–Crippen LogP) is 3.10. The molecule has 0 saturated carbocycles. The van der Waals surface area contributed by atoms with Gasteiger partial charge in [-0.3, -0.25) is 4.90 Å². The fourth-order valence-electron chi connectivity index (χ4n) is 2.90. The third-order valence-electron chi connectivity index (χ3n) is 4.22. The summed E-state index contributed by atoms with van der Waals surface area (Å²) < 4.78 is 12.9. The first-order chi connectivity index (χ1) is 11.7. The number of halogens is 1. The third-order valence-corrected chi connectivity index (χ3v) is 5.38. The summed E-state index contributed by atoms with van der Waals surface area (Å²) in [6.45, 7) is 4.60. The Morgan fingerprint density at radius 3 is 2.29 bits per heavy atom. The highest BCUT2D eigenvalue weighted by molar-refractivity contribution is 7.99. The lowest BCUT2D eigenvalue weighted by molar-refractivity contribution is 0.126. The molecule has 128 valence electrons. The molecule has 24 heavy (non-hydrogen) atoms. The molecule has 0 bridgehead atoms. The van der Waals surface area contributed by atoms with Gasteiger partial charge < -0.3 is 10.0 Å². The van der Waals surface area contributed by atoms with Crippen molar-refractivity contribution >= 4 is 17.4 Å². The summed E-state index contributed by atoms with van der Waals surface area (Å²) in [4.78, 5) is 5.69. The molecule has 3 nitrogen and oxygen atoms in total.